The summed E-state index contributed by atoms with van der Waals surface area (Å²) in [5, 5.41) is 6.76. The van der Waals surface area contributed by atoms with Crippen molar-refractivity contribution in [2.45, 2.75) is 51.1 Å². The maximum atomic E-state index is 13.0. The van der Waals surface area contributed by atoms with Crippen molar-refractivity contribution in [3.05, 3.63) is 77.2 Å². The Balaban J connectivity index is 1.33. The van der Waals surface area contributed by atoms with Crippen LogP contribution in [-0.4, -0.2) is 42.5 Å². The zero-order chi connectivity index (χ0) is 25.4. The molecule has 1 fully saturated rings. The predicted octanol–water partition coefficient (Wildman–Crippen LogP) is 4.95. The zero-order valence-corrected chi connectivity index (χ0v) is 21.3. The van der Waals surface area contributed by atoms with Gasteiger partial charge in [0, 0.05) is 35.3 Å². The third-order valence-corrected chi connectivity index (χ3v) is 6.71. The molecule has 0 unspecified atom stereocenters. The summed E-state index contributed by atoms with van der Waals surface area (Å²) in [6.45, 7) is 5.40. The summed E-state index contributed by atoms with van der Waals surface area (Å²) in [5.41, 5.74) is 4.71. The Kier molecular flexibility index (Phi) is 8.58. The van der Waals surface area contributed by atoms with Crippen molar-refractivity contribution < 1.29 is 9.21 Å². The number of terminal acetylenes is 1. The molecule has 0 atom stereocenters. The molecule has 0 radical (unpaired) electrons. The Morgan fingerprint density at radius 1 is 1.19 bits per heavy atom. The average molecular weight is 485 g/mol. The minimum Gasteiger partial charge on any atom is -0.445 e. The van der Waals surface area contributed by atoms with Gasteiger partial charge in [0.15, 0.2) is 0 Å². The molecule has 1 aliphatic rings. The van der Waals surface area contributed by atoms with Gasteiger partial charge in [-0.2, -0.15) is 0 Å². The molecule has 1 aromatic heterocycles. The SMILES string of the molecule is C#Cc1cccc(C2(NCCCNC(=O)c3cc(CN(C)CCCC)cc(-c4ncco4)c3)CC2)c1. The number of amides is 1. The minimum absolute atomic E-state index is 0.0277. The van der Waals surface area contributed by atoms with Crippen molar-refractivity contribution in [3.8, 4) is 23.8 Å². The molecule has 6 nitrogen and oxygen atoms in total. The Morgan fingerprint density at radius 2 is 2.06 bits per heavy atom. The molecular weight excluding hydrogens is 448 g/mol. The topological polar surface area (TPSA) is 70.4 Å². The molecule has 4 rings (SSSR count). The van der Waals surface area contributed by atoms with E-state index in [-0.39, 0.29) is 11.4 Å². The quantitative estimate of drug-likeness (QED) is 0.265. The molecule has 1 heterocycles. The smallest absolute Gasteiger partial charge is 0.251 e. The van der Waals surface area contributed by atoms with Crippen molar-refractivity contribution in [1.29, 1.82) is 0 Å². The fourth-order valence-electron chi connectivity index (χ4n) is 4.54. The summed E-state index contributed by atoms with van der Waals surface area (Å²) in [6, 6.07) is 14.1. The van der Waals surface area contributed by atoms with Crippen LogP contribution in [0.25, 0.3) is 11.5 Å². The van der Waals surface area contributed by atoms with Gasteiger partial charge in [-0.3, -0.25) is 4.79 Å². The summed E-state index contributed by atoms with van der Waals surface area (Å²) >= 11 is 0. The molecule has 2 N–H and O–H groups in total. The largest absolute Gasteiger partial charge is 0.445 e. The first kappa shape index (κ1) is 25.7. The molecule has 2 aromatic carbocycles. The van der Waals surface area contributed by atoms with Crippen LogP contribution in [-0.2, 0) is 12.1 Å². The highest BCUT2D eigenvalue weighted by Crippen LogP contribution is 2.45. The monoisotopic (exact) mass is 484 g/mol. The number of unbranched alkanes of at least 4 members (excludes halogenated alkanes) is 1. The third kappa shape index (κ3) is 6.63. The molecule has 3 aromatic rings. The number of benzene rings is 2. The van der Waals surface area contributed by atoms with Gasteiger partial charge in [0.1, 0.15) is 6.26 Å². The summed E-state index contributed by atoms with van der Waals surface area (Å²) in [6.07, 6.45) is 14.1. The van der Waals surface area contributed by atoms with Gasteiger partial charge in [-0.15, -0.1) is 6.42 Å². The standard InChI is InChI=1S/C30H36N4O2/c1-4-6-16-34(3)22-24-18-25(21-26(19-24)29-32-15-17-36-29)28(35)31-13-8-14-33-30(11-12-30)27-10-7-9-23(5-2)20-27/h2,7,9-10,15,17-21,33H,4,6,8,11-14,16,22H2,1,3H3,(H,31,35). The van der Waals surface area contributed by atoms with E-state index in [1.165, 1.54) is 5.56 Å². The zero-order valence-electron chi connectivity index (χ0n) is 21.3. The Hall–Kier alpha value is -3.40. The van der Waals surface area contributed by atoms with Crippen molar-refractivity contribution in [2.24, 2.45) is 0 Å². The van der Waals surface area contributed by atoms with Crippen LogP contribution in [0.2, 0.25) is 0 Å². The first-order valence-corrected chi connectivity index (χ1v) is 12.9. The highest BCUT2D eigenvalue weighted by molar-refractivity contribution is 5.95. The van der Waals surface area contributed by atoms with E-state index in [9.17, 15) is 4.79 Å². The number of aromatic nitrogens is 1. The highest BCUT2D eigenvalue weighted by atomic mass is 16.3. The van der Waals surface area contributed by atoms with Crippen LogP contribution in [0, 0.1) is 12.3 Å². The van der Waals surface area contributed by atoms with Crippen molar-refractivity contribution >= 4 is 5.91 Å². The van der Waals surface area contributed by atoms with E-state index in [1.54, 1.807) is 12.5 Å². The van der Waals surface area contributed by atoms with E-state index in [0.29, 0.717) is 18.0 Å². The van der Waals surface area contributed by atoms with Gasteiger partial charge in [0.25, 0.3) is 5.91 Å². The lowest BCUT2D eigenvalue weighted by atomic mass is 10.0. The summed E-state index contributed by atoms with van der Waals surface area (Å²) in [4.78, 5) is 19.6. The number of nitrogens with one attached hydrogen (secondary N) is 2. The van der Waals surface area contributed by atoms with Crippen LogP contribution in [0.5, 0.6) is 0 Å². The van der Waals surface area contributed by atoms with Crippen LogP contribution < -0.4 is 10.6 Å². The lowest BCUT2D eigenvalue weighted by Gasteiger charge is -2.19. The van der Waals surface area contributed by atoms with E-state index in [4.69, 9.17) is 10.8 Å². The molecule has 0 aliphatic heterocycles. The number of carbonyl (C=O) groups excluding carboxylic acids is 1. The van der Waals surface area contributed by atoms with Crippen LogP contribution in [0.1, 0.15) is 66.1 Å². The normalized spacial score (nSPS) is 13.9. The van der Waals surface area contributed by atoms with E-state index < -0.39 is 0 Å². The lowest BCUT2D eigenvalue weighted by Crippen LogP contribution is -2.33. The number of oxazole rings is 1. The van der Waals surface area contributed by atoms with Gasteiger partial charge in [0.05, 0.1) is 6.20 Å². The molecular formula is C30H36N4O2. The Labute approximate surface area is 214 Å². The third-order valence-electron chi connectivity index (χ3n) is 6.71. The van der Waals surface area contributed by atoms with E-state index in [0.717, 1.165) is 68.4 Å². The molecule has 0 spiro atoms. The number of hydrogen-bond donors (Lipinski definition) is 2. The Morgan fingerprint density at radius 3 is 2.78 bits per heavy atom. The molecule has 1 saturated carbocycles. The second-order valence-corrected chi connectivity index (χ2v) is 9.69. The number of rotatable bonds is 13. The van der Waals surface area contributed by atoms with E-state index in [1.807, 2.05) is 24.3 Å². The van der Waals surface area contributed by atoms with Gasteiger partial charge in [-0.05, 0) is 87.3 Å². The van der Waals surface area contributed by atoms with Gasteiger partial charge in [0.2, 0.25) is 5.89 Å². The van der Waals surface area contributed by atoms with Crippen LogP contribution in [0.15, 0.2) is 59.3 Å². The van der Waals surface area contributed by atoms with Crippen molar-refractivity contribution in [3.63, 3.8) is 0 Å². The van der Waals surface area contributed by atoms with Gasteiger partial charge < -0.3 is 20.0 Å². The molecule has 0 bridgehead atoms. The van der Waals surface area contributed by atoms with Crippen LogP contribution >= 0.6 is 0 Å². The molecule has 1 amide bonds. The molecule has 6 heteroatoms. The van der Waals surface area contributed by atoms with E-state index >= 15 is 0 Å². The maximum absolute atomic E-state index is 13.0. The lowest BCUT2D eigenvalue weighted by molar-refractivity contribution is 0.0953. The Bertz CT molecular complexity index is 1190. The first-order chi connectivity index (χ1) is 17.5. The van der Waals surface area contributed by atoms with Gasteiger partial charge >= 0.3 is 0 Å². The molecule has 1 aliphatic carbocycles. The minimum atomic E-state index is -0.0799. The molecule has 188 valence electrons. The number of carbonyl (C=O) groups is 1. The number of hydrogen-bond acceptors (Lipinski definition) is 5. The fraction of sp³-hybridized carbons (Fsp3) is 0.400. The highest BCUT2D eigenvalue weighted by Gasteiger charge is 2.43. The van der Waals surface area contributed by atoms with E-state index in [2.05, 4.69) is 58.6 Å². The summed E-state index contributed by atoms with van der Waals surface area (Å²) in [7, 11) is 2.11. The molecule has 36 heavy (non-hydrogen) atoms. The summed E-state index contributed by atoms with van der Waals surface area (Å²) < 4.78 is 5.51. The maximum Gasteiger partial charge on any atom is 0.251 e. The fourth-order valence-corrected chi connectivity index (χ4v) is 4.54. The average Bonchev–Trinajstić information content (AvgIpc) is 3.48. The second kappa shape index (κ2) is 12.0. The second-order valence-electron chi connectivity index (χ2n) is 9.69. The van der Waals surface area contributed by atoms with Gasteiger partial charge in [-0.25, -0.2) is 4.98 Å². The summed E-state index contributed by atoms with van der Waals surface area (Å²) in [5.74, 6) is 3.16. The number of nitrogens with zero attached hydrogens (tertiary/aromatic N) is 2. The van der Waals surface area contributed by atoms with Gasteiger partial charge in [-0.1, -0.05) is 31.4 Å². The van der Waals surface area contributed by atoms with Crippen molar-refractivity contribution in [1.82, 2.24) is 20.5 Å². The van der Waals surface area contributed by atoms with Crippen LogP contribution in [0.4, 0.5) is 0 Å². The van der Waals surface area contributed by atoms with Crippen molar-refractivity contribution in [2.75, 3.05) is 26.7 Å². The molecule has 0 saturated heterocycles. The predicted molar refractivity (Wildman–Crippen MR) is 143 cm³/mol. The first-order valence-electron chi connectivity index (χ1n) is 12.9. The van der Waals surface area contributed by atoms with Crippen LogP contribution in [0.3, 0.4) is 0 Å².